The van der Waals surface area contributed by atoms with Crippen LogP contribution >= 0.6 is 0 Å². The fourth-order valence-electron chi connectivity index (χ4n) is 2.98. The van der Waals surface area contributed by atoms with Crippen molar-refractivity contribution in [2.75, 3.05) is 7.11 Å². The Morgan fingerprint density at radius 1 is 1.09 bits per heavy atom. The standard InChI is InChI=1S/C18H15N3O2/c1-10-12(6-7-16(20-10)23-2)13-5-3-4-11-8-14-15(21-17(11)13)9-19-18(14)22/h3-8H,9H2,1-2H3,(H,19,22). The lowest BCUT2D eigenvalue weighted by Gasteiger charge is -2.10. The molecule has 0 aliphatic carbocycles. The minimum absolute atomic E-state index is 0.0536. The molecule has 0 bridgehead atoms. The van der Waals surface area contributed by atoms with Crippen molar-refractivity contribution in [3.05, 3.63) is 53.3 Å². The van der Waals surface area contributed by atoms with Crippen molar-refractivity contribution in [3.8, 4) is 17.0 Å². The van der Waals surface area contributed by atoms with E-state index in [-0.39, 0.29) is 5.91 Å². The molecule has 0 spiro atoms. The highest BCUT2D eigenvalue weighted by Gasteiger charge is 2.21. The average molecular weight is 305 g/mol. The number of methoxy groups -OCH3 is 1. The van der Waals surface area contributed by atoms with Crippen LogP contribution in [0.25, 0.3) is 22.0 Å². The molecule has 3 heterocycles. The van der Waals surface area contributed by atoms with E-state index in [1.165, 1.54) is 0 Å². The van der Waals surface area contributed by atoms with E-state index >= 15 is 0 Å². The third-order valence-electron chi connectivity index (χ3n) is 4.15. The molecule has 5 heteroatoms. The molecule has 1 N–H and O–H groups in total. The zero-order valence-electron chi connectivity index (χ0n) is 12.9. The molecule has 0 fully saturated rings. The Balaban J connectivity index is 1.96. The Kier molecular flexibility index (Phi) is 3.01. The third-order valence-corrected chi connectivity index (χ3v) is 4.15. The minimum Gasteiger partial charge on any atom is -0.481 e. The first-order chi connectivity index (χ1) is 11.2. The predicted octanol–water partition coefficient (Wildman–Crippen LogP) is 2.86. The maximum atomic E-state index is 11.8. The normalized spacial score (nSPS) is 13.0. The van der Waals surface area contributed by atoms with Gasteiger partial charge in [-0.15, -0.1) is 0 Å². The number of hydrogen-bond donors (Lipinski definition) is 1. The number of carbonyl (C=O) groups excluding carboxylic acids is 1. The van der Waals surface area contributed by atoms with Crippen molar-refractivity contribution < 1.29 is 9.53 Å². The summed E-state index contributed by atoms with van der Waals surface area (Å²) in [6.45, 7) is 2.44. The Hall–Kier alpha value is -2.95. The summed E-state index contributed by atoms with van der Waals surface area (Å²) in [7, 11) is 1.61. The number of rotatable bonds is 2. The zero-order valence-corrected chi connectivity index (χ0v) is 12.9. The lowest BCUT2D eigenvalue weighted by atomic mass is 9.99. The number of pyridine rings is 2. The van der Waals surface area contributed by atoms with Gasteiger partial charge < -0.3 is 10.1 Å². The molecule has 0 unspecified atom stereocenters. The van der Waals surface area contributed by atoms with Crippen LogP contribution < -0.4 is 10.1 Å². The molecule has 2 aromatic heterocycles. The van der Waals surface area contributed by atoms with Gasteiger partial charge in [-0.3, -0.25) is 4.79 Å². The molecule has 3 aromatic rings. The monoisotopic (exact) mass is 305 g/mol. The highest BCUT2D eigenvalue weighted by Crippen LogP contribution is 2.31. The van der Waals surface area contributed by atoms with Gasteiger partial charge in [0, 0.05) is 28.3 Å². The van der Waals surface area contributed by atoms with E-state index in [9.17, 15) is 4.79 Å². The molecule has 1 amide bonds. The topological polar surface area (TPSA) is 64.1 Å². The van der Waals surface area contributed by atoms with Crippen LogP contribution in [-0.4, -0.2) is 23.0 Å². The lowest BCUT2D eigenvalue weighted by molar-refractivity contribution is 0.0966. The molecular formula is C18H15N3O2. The van der Waals surface area contributed by atoms with Crippen LogP contribution in [0.4, 0.5) is 0 Å². The molecule has 5 nitrogen and oxygen atoms in total. The van der Waals surface area contributed by atoms with Gasteiger partial charge in [-0.25, -0.2) is 9.97 Å². The molecule has 0 saturated heterocycles. The van der Waals surface area contributed by atoms with Crippen LogP contribution in [0.1, 0.15) is 21.7 Å². The van der Waals surface area contributed by atoms with Crippen LogP contribution in [0.3, 0.4) is 0 Å². The van der Waals surface area contributed by atoms with E-state index in [2.05, 4.69) is 10.3 Å². The van der Waals surface area contributed by atoms with E-state index in [4.69, 9.17) is 9.72 Å². The van der Waals surface area contributed by atoms with Gasteiger partial charge in [0.2, 0.25) is 5.88 Å². The van der Waals surface area contributed by atoms with Crippen molar-refractivity contribution >= 4 is 16.8 Å². The molecule has 114 valence electrons. The van der Waals surface area contributed by atoms with Crippen molar-refractivity contribution in [1.82, 2.24) is 15.3 Å². The van der Waals surface area contributed by atoms with E-state index in [0.29, 0.717) is 18.0 Å². The number of nitrogens with one attached hydrogen (secondary N) is 1. The summed E-state index contributed by atoms with van der Waals surface area (Å²) in [6.07, 6.45) is 0. The molecule has 0 radical (unpaired) electrons. The Morgan fingerprint density at radius 2 is 1.96 bits per heavy atom. The average Bonchev–Trinajstić information content (AvgIpc) is 2.93. The number of hydrogen-bond acceptors (Lipinski definition) is 4. The van der Waals surface area contributed by atoms with E-state index < -0.39 is 0 Å². The second-order valence-corrected chi connectivity index (χ2v) is 5.53. The number of carbonyl (C=O) groups is 1. The van der Waals surface area contributed by atoms with Crippen LogP contribution in [-0.2, 0) is 6.54 Å². The quantitative estimate of drug-likeness (QED) is 0.790. The lowest BCUT2D eigenvalue weighted by Crippen LogP contribution is -2.12. The molecule has 0 atom stereocenters. The van der Waals surface area contributed by atoms with Crippen LogP contribution in [0, 0.1) is 6.92 Å². The maximum Gasteiger partial charge on any atom is 0.253 e. The maximum absolute atomic E-state index is 11.8. The summed E-state index contributed by atoms with van der Waals surface area (Å²) < 4.78 is 5.17. The summed E-state index contributed by atoms with van der Waals surface area (Å²) in [6, 6.07) is 11.7. The number of aromatic nitrogens is 2. The molecule has 1 aromatic carbocycles. The van der Waals surface area contributed by atoms with Gasteiger partial charge in [-0.1, -0.05) is 18.2 Å². The number of nitrogens with zero attached hydrogens (tertiary/aromatic N) is 2. The fourth-order valence-corrected chi connectivity index (χ4v) is 2.98. The zero-order chi connectivity index (χ0) is 16.0. The number of para-hydroxylation sites is 1. The van der Waals surface area contributed by atoms with Crippen molar-refractivity contribution in [2.24, 2.45) is 0 Å². The highest BCUT2D eigenvalue weighted by molar-refractivity contribution is 6.03. The van der Waals surface area contributed by atoms with Crippen molar-refractivity contribution in [3.63, 3.8) is 0 Å². The van der Waals surface area contributed by atoms with Gasteiger partial charge in [0.25, 0.3) is 5.91 Å². The van der Waals surface area contributed by atoms with Crippen LogP contribution in [0.15, 0.2) is 36.4 Å². The SMILES string of the molecule is COc1ccc(-c2cccc3cc4c(nc23)CNC4=O)c(C)n1. The smallest absolute Gasteiger partial charge is 0.253 e. The predicted molar refractivity (Wildman–Crippen MR) is 87.4 cm³/mol. The van der Waals surface area contributed by atoms with E-state index in [1.54, 1.807) is 7.11 Å². The first kappa shape index (κ1) is 13.7. The summed E-state index contributed by atoms with van der Waals surface area (Å²) in [5.74, 6) is 0.539. The number of aryl methyl sites for hydroxylation is 1. The molecule has 23 heavy (non-hydrogen) atoms. The third kappa shape index (κ3) is 2.12. The molecule has 0 saturated carbocycles. The first-order valence-electron chi connectivity index (χ1n) is 7.40. The minimum atomic E-state index is -0.0536. The number of amides is 1. The summed E-state index contributed by atoms with van der Waals surface area (Å²) in [5.41, 5.74) is 5.26. The molecule has 4 rings (SSSR count). The van der Waals surface area contributed by atoms with Gasteiger partial charge in [0.1, 0.15) is 0 Å². The van der Waals surface area contributed by atoms with Crippen molar-refractivity contribution in [1.29, 1.82) is 0 Å². The van der Waals surface area contributed by atoms with Gasteiger partial charge in [-0.2, -0.15) is 0 Å². The summed E-state index contributed by atoms with van der Waals surface area (Å²) >= 11 is 0. The second-order valence-electron chi connectivity index (χ2n) is 5.53. The number of fused-ring (bicyclic) bond motifs is 2. The van der Waals surface area contributed by atoms with Gasteiger partial charge in [0.15, 0.2) is 0 Å². The molecule has 1 aliphatic heterocycles. The van der Waals surface area contributed by atoms with Gasteiger partial charge in [-0.05, 0) is 19.1 Å². The van der Waals surface area contributed by atoms with E-state index in [0.717, 1.165) is 33.4 Å². The molecule has 1 aliphatic rings. The highest BCUT2D eigenvalue weighted by atomic mass is 16.5. The first-order valence-corrected chi connectivity index (χ1v) is 7.40. The van der Waals surface area contributed by atoms with Gasteiger partial charge in [0.05, 0.1) is 30.4 Å². The Bertz CT molecular complexity index is 950. The Labute approximate surface area is 133 Å². The Morgan fingerprint density at radius 3 is 2.74 bits per heavy atom. The van der Waals surface area contributed by atoms with Crippen LogP contribution in [0.2, 0.25) is 0 Å². The van der Waals surface area contributed by atoms with E-state index in [1.807, 2.05) is 43.3 Å². The largest absolute Gasteiger partial charge is 0.481 e. The molecular weight excluding hydrogens is 290 g/mol. The number of benzene rings is 1. The fraction of sp³-hybridized carbons (Fsp3) is 0.167. The number of ether oxygens (including phenoxy) is 1. The van der Waals surface area contributed by atoms with Gasteiger partial charge >= 0.3 is 0 Å². The summed E-state index contributed by atoms with van der Waals surface area (Å²) in [4.78, 5) is 21.0. The van der Waals surface area contributed by atoms with Crippen molar-refractivity contribution in [2.45, 2.75) is 13.5 Å². The summed E-state index contributed by atoms with van der Waals surface area (Å²) in [5, 5.41) is 3.77. The second kappa shape index (κ2) is 5.05. The van der Waals surface area contributed by atoms with Crippen LogP contribution in [0.5, 0.6) is 5.88 Å².